The number of amides is 1. The van der Waals surface area contributed by atoms with Crippen LogP contribution in [0, 0.1) is 19.8 Å². The van der Waals surface area contributed by atoms with Gasteiger partial charge in [-0.3, -0.25) is 4.79 Å². The summed E-state index contributed by atoms with van der Waals surface area (Å²) in [5, 5.41) is 3.05. The van der Waals surface area contributed by atoms with Gasteiger partial charge in [0.05, 0.1) is 7.11 Å². The van der Waals surface area contributed by atoms with Crippen molar-refractivity contribution in [2.24, 2.45) is 5.92 Å². The number of nitrogens with zero attached hydrogens (tertiary/aromatic N) is 3. The number of methoxy groups -OCH3 is 1. The quantitative estimate of drug-likeness (QED) is 0.892. The fraction of sp³-hybridized carbons (Fsp3) is 0.450. The molecular formula is C20H26N4O2. The fourth-order valence-corrected chi connectivity index (χ4v) is 3.39. The predicted molar refractivity (Wildman–Crippen MR) is 103 cm³/mol. The number of aryl methyl sites for hydroxylation is 2. The number of rotatable bonds is 5. The highest BCUT2D eigenvalue weighted by atomic mass is 16.5. The Bertz CT molecular complexity index is 770. The maximum Gasteiger partial charge on any atom is 0.318 e. The zero-order chi connectivity index (χ0) is 18.5. The highest BCUT2D eigenvalue weighted by Gasteiger charge is 2.23. The maximum absolute atomic E-state index is 12.4. The van der Waals surface area contributed by atoms with E-state index in [1.165, 1.54) is 5.56 Å². The molecule has 2 heterocycles. The molecule has 1 aromatic heterocycles. The largest absolute Gasteiger partial charge is 0.467 e. The molecule has 1 amide bonds. The molecular weight excluding hydrogens is 328 g/mol. The molecule has 0 spiro atoms. The summed E-state index contributed by atoms with van der Waals surface area (Å²) in [4.78, 5) is 23.0. The molecule has 0 unspecified atom stereocenters. The van der Waals surface area contributed by atoms with Gasteiger partial charge in [-0.2, -0.15) is 4.98 Å². The van der Waals surface area contributed by atoms with Crippen LogP contribution in [0.1, 0.15) is 30.4 Å². The summed E-state index contributed by atoms with van der Waals surface area (Å²) >= 11 is 0. The van der Waals surface area contributed by atoms with Crippen LogP contribution >= 0.6 is 0 Å². The van der Waals surface area contributed by atoms with Crippen molar-refractivity contribution in [3.05, 3.63) is 41.6 Å². The number of hydrogen-bond acceptors (Lipinski definition) is 5. The molecule has 1 aliphatic rings. The normalized spacial score (nSPS) is 15.0. The first kappa shape index (κ1) is 18.2. The number of nitrogens with one attached hydrogen (secondary N) is 1. The predicted octanol–water partition coefficient (Wildman–Crippen LogP) is 3.35. The number of ether oxygens (including phenoxy) is 1. The summed E-state index contributed by atoms with van der Waals surface area (Å²) in [6.45, 7) is 5.86. The number of benzene rings is 1. The third-order valence-corrected chi connectivity index (χ3v) is 4.87. The lowest BCUT2D eigenvalue weighted by atomic mass is 9.93. The van der Waals surface area contributed by atoms with Crippen molar-refractivity contribution in [3.63, 3.8) is 0 Å². The topological polar surface area (TPSA) is 67.3 Å². The van der Waals surface area contributed by atoms with Crippen LogP contribution in [0.3, 0.4) is 0 Å². The van der Waals surface area contributed by atoms with Crippen molar-refractivity contribution in [1.82, 2.24) is 9.97 Å². The van der Waals surface area contributed by atoms with E-state index in [9.17, 15) is 4.79 Å². The van der Waals surface area contributed by atoms with Gasteiger partial charge in [0.15, 0.2) is 0 Å². The van der Waals surface area contributed by atoms with E-state index in [-0.39, 0.29) is 5.91 Å². The van der Waals surface area contributed by atoms with Gasteiger partial charge in [-0.25, -0.2) is 4.98 Å². The molecule has 3 rings (SSSR count). The molecule has 0 saturated carbocycles. The second-order valence-corrected chi connectivity index (χ2v) is 6.90. The minimum atomic E-state index is 0.0964. The molecule has 1 aromatic carbocycles. The minimum Gasteiger partial charge on any atom is -0.467 e. The van der Waals surface area contributed by atoms with Crippen LogP contribution in [-0.4, -0.2) is 36.1 Å². The summed E-state index contributed by atoms with van der Waals surface area (Å²) in [5.41, 5.74) is 3.21. The first-order valence-corrected chi connectivity index (χ1v) is 9.04. The summed E-state index contributed by atoms with van der Waals surface area (Å²) in [5.74, 6) is 1.38. The minimum absolute atomic E-state index is 0.0964. The Balaban J connectivity index is 1.51. The number of carbonyl (C=O) groups is 1. The van der Waals surface area contributed by atoms with E-state index in [0.29, 0.717) is 18.3 Å². The van der Waals surface area contributed by atoms with E-state index in [0.717, 1.165) is 43.0 Å². The molecule has 6 nitrogen and oxygen atoms in total. The van der Waals surface area contributed by atoms with Crippen LogP contribution in [0.25, 0.3) is 0 Å². The molecule has 26 heavy (non-hydrogen) atoms. The Morgan fingerprint density at radius 2 is 2.04 bits per heavy atom. The monoisotopic (exact) mass is 354 g/mol. The molecule has 6 heteroatoms. The Hall–Kier alpha value is -2.63. The van der Waals surface area contributed by atoms with Crippen LogP contribution in [0.4, 0.5) is 11.5 Å². The fourth-order valence-electron chi connectivity index (χ4n) is 3.39. The van der Waals surface area contributed by atoms with E-state index in [1.54, 1.807) is 13.3 Å². The third-order valence-electron chi connectivity index (χ3n) is 4.87. The highest BCUT2D eigenvalue weighted by molar-refractivity contribution is 5.91. The Morgan fingerprint density at radius 1 is 1.27 bits per heavy atom. The van der Waals surface area contributed by atoms with Gasteiger partial charge in [0.1, 0.15) is 5.82 Å². The molecule has 1 fully saturated rings. The van der Waals surface area contributed by atoms with Gasteiger partial charge in [-0.1, -0.05) is 17.7 Å². The van der Waals surface area contributed by atoms with Crippen LogP contribution in [0.15, 0.2) is 30.5 Å². The molecule has 1 N–H and O–H groups in total. The Labute approximate surface area is 154 Å². The number of anilines is 2. The molecule has 0 aliphatic carbocycles. The van der Waals surface area contributed by atoms with Gasteiger partial charge in [0.25, 0.3) is 0 Å². The van der Waals surface area contributed by atoms with Gasteiger partial charge in [-0.05, 0) is 50.3 Å². The number of carbonyl (C=O) groups excluding carboxylic acids is 1. The zero-order valence-electron chi connectivity index (χ0n) is 15.7. The van der Waals surface area contributed by atoms with Crippen LogP contribution < -0.4 is 15.0 Å². The second kappa shape index (κ2) is 8.17. The first-order chi connectivity index (χ1) is 12.5. The Kier molecular flexibility index (Phi) is 5.71. The lowest BCUT2D eigenvalue weighted by Gasteiger charge is -2.32. The number of aromatic nitrogens is 2. The maximum atomic E-state index is 12.4. The van der Waals surface area contributed by atoms with E-state index in [2.05, 4.69) is 33.2 Å². The highest BCUT2D eigenvalue weighted by Crippen LogP contribution is 2.25. The Morgan fingerprint density at radius 3 is 2.73 bits per heavy atom. The van der Waals surface area contributed by atoms with Crippen molar-refractivity contribution in [2.75, 3.05) is 30.4 Å². The summed E-state index contributed by atoms with van der Waals surface area (Å²) < 4.78 is 5.09. The smallest absolute Gasteiger partial charge is 0.318 e. The van der Waals surface area contributed by atoms with Crippen molar-refractivity contribution in [2.45, 2.75) is 33.1 Å². The van der Waals surface area contributed by atoms with Crippen LogP contribution in [0.5, 0.6) is 6.01 Å². The van der Waals surface area contributed by atoms with Crippen molar-refractivity contribution >= 4 is 17.4 Å². The standard InChI is InChI=1S/C20H26N4O2/c1-14-4-5-17(15(2)12-14)22-19(25)13-16-7-10-24(11-8-16)18-6-9-21-20(23-18)26-3/h4-6,9,12,16H,7-8,10-11,13H2,1-3H3,(H,22,25). The molecule has 138 valence electrons. The van der Waals surface area contributed by atoms with Gasteiger partial charge in [0.2, 0.25) is 5.91 Å². The van der Waals surface area contributed by atoms with Gasteiger partial charge < -0.3 is 15.0 Å². The van der Waals surface area contributed by atoms with E-state index in [1.807, 2.05) is 25.1 Å². The molecule has 0 bridgehead atoms. The average Bonchev–Trinajstić information content (AvgIpc) is 2.65. The van der Waals surface area contributed by atoms with Crippen molar-refractivity contribution < 1.29 is 9.53 Å². The first-order valence-electron chi connectivity index (χ1n) is 9.04. The SMILES string of the molecule is COc1nccc(N2CCC(CC(=O)Nc3ccc(C)cc3C)CC2)n1. The molecule has 2 aromatic rings. The molecule has 0 radical (unpaired) electrons. The average molecular weight is 354 g/mol. The van der Waals surface area contributed by atoms with E-state index < -0.39 is 0 Å². The molecule has 1 aliphatic heterocycles. The lowest BCUT2D eigenvalue weighted by molar-refractivity contribution is -0.117. The van der Waals surface area contributed by atoms with Crippen molar-refractivity contribution in [3.8, 4) is 6.01 Å². The molecule has 0 atom stereocenters. The summed E-state index contributed by atoms with van der Waals surface area (Å²) in [6.07, 6.45) is 4.23. The number of hydrogen-bond donors (Lipinski definition) is 1. The molecule has 1 saturated heterocycles. The summed E-state index contributed by atoms with van der Waals surface area (Å²) in [6, 6.07) is 8.38. The zero-order valence-corrected chi connectivity index (χ0v) is 15.7. The summed E-state index contributed by atoms with van der Waals surface area (Å²) in [7, 11) is 1.57. The lowest BCUT2D eigenvalue weighted by Crippen LogP contribution is -2.35. The van der Waals surface area contributed by atoms with Gasteiger partial charge in [0, 0.05) is 31.4 Å². The number of piperidine rings is 1. The van der Waals surface area contributed by atoms with E-state index >= 15 is 0 Å². The third kappa shape index (κ3) is 4.50. The van der Waals surface area contributed by atoms with Gasteiger partial charge >= 0.3 is 6.01 Å². The van der Waals surface area contributed by atoms with Crippen LogP contribution in [-0.2, 0) is 4.79 Å². The van der Waals surface area contributed by atoms with Crippen LogP contribution in [0.2, 0.25) is 0 Å². The second-order valence-electron chi connectivity index (χ2n) is 6.90. The van der Waals surface area contributed by atoms with E-state index in [4.69, 9.17) is 4.74 Å². The van der Waals surface area contributed by atoms with Gasteiger partial charge in [-0.15, -0.1) is 0 Å². The van der Waals surface area contributed by atoms with Crippen molar-refractivity contribution in [1.29, 1.82) is 0 Å².